The molecule has 0 saturated heterocycles. The maximum Gasteiger partial charge on any atom is 0.0522 e. The smallest absolute Gasteiger partial charge is 0.0522 e. The summed E-state index contributed by atoms with van der Waals surface area (Å²) in [7, 11) is 0. The molecule has 1 saturated carbocycles. The molecule has 12 heavy (non-hydrogen) atoms. The zero-order valence-electron chi connectivity index (χ0n) is 7.02. The number of aryl methyl sites for hydroxylation is 1. The van der Waals surface area contributed by atoms with Crippen molar-refractivity contribution in [1.82, 2.24) is 10.2 Å². The lowest BCUT2D eigenvalue weighted by molar-refractivity contribution is 0.408. The van der Waals surface area contributed by atoms with Gasteiger partial charge in [-0.05, 0) is 24.8 Å². The van der Waals surface area contributed by atoms with Crippen molar-refractivity contribution in [3.05, 3.63) is 17.5 Å². The second kappa shape index (κ2) is 3.48. The Labute approximate surface area is 77.3 Å². The van der Waals surface area contributed by atoms with Gasteiger partial charge in [-0.3, -0.25) is 5.10 Å². The van der Waals surface area contributed by atoms with Crippen molar-refractivity contribution in [3.63, 3.8) is 0 Å². The van der Waals surface area contributed by atoms with Crippen LogP contribution in [-0.4, -0.2) is 16.1 Å². The highest BCUT2D eigenvalue weighted by atomic mass is 35.5. The zero-order chi connectivity index (χ0) is 8.39. The van der Waals surface area contributed by atoms with Crippen molar-refractivity contribution in [3.8, 4) is 0 Å². The maximum absolute atomic E-state index is 5.69. The number of aromatic nitrogens is 2. The molecule has 0 spiro atoms. The third kappa shape index (κ3) is 1.36. The van der Waals surface area contributed by atoms with Crippen LogP contribution in [0.5, 0.6) is 0 Å². The molecule has 2 rings (SSSR count). The number of nitrogens with zero attached hydrogens (tertiary/aromatic N) is 1. The predicted octanol–water partition coefficient (Wildman–Crippen LogP) is 2.46. The molecule has 66 valence electrons. The molecule has 0 aliphatic heterocycles. The molecule has 3 heteroatoms. The normalized spacial score (nSPS) is 17.8. The van der Waals surface area contributed by atoms with E-state index < -0.39 is 0 Å². The number of H-pyrrole nitrogens is 1. The molecule has 0 atom stereocenters. The molecule has 1 fully saturated rings. The summed E-state index contributed by atoms with van der Waals surface area (Å²) >= 11 is 5.69. The van der Waals surface area contributed by atoms with Crippen LogP contribution in [0, 0.1) is 0 Å². The Morgan fingerprint density at radius 3 is 3.00 bits per heavy atom. The van der Waals surface area contributed by atoms with Crippen LogP contribution in [0.4, 0.5) is 0 Å². The lowest BCUT2D eigenvalue weighted by atomic mass is 9.81. The highest BCUT2D eigenvalue weighted by Gasteiger charge is 2.23. The zero-order valence-corrected chi connectivity index (χ0v) is 7.77. The molecule has 1 N–H and O–H groups in total. The second-order valence-corrected chi connectivity index (χ2v) is 3.75. The molecule has 1 aliphatic rings. The monoisotopic (exact) mass is 184 g/mol. The molecule has 1 aliphatic carbocycles. The van der Waals surface area contributed by atoms with Gasteiger partial charge in [-0.1, -0.05) is 6.42 Å². The van der Waals surface area contributed by atoms with Gasteiger partial charge in [-0.2, -0.15) is 5.10 Å². The summed E-state index contributed by atoms with van der Waals surface area (Å²) in [6.07, 6.45) is 6.86. The second-order valence-electron chi connectivity index (χ2n) is 3.38. The van der Waals surface area contributed by atoms with E-state index in [9.17, 15) is 0 Å². The van der Waals surface area contributed by atoms with Gasteiger partial charge in [0.2, 0.25) is 0 Å². The molecular formula is C9H13ClN2. The fourth-order valence-corrected chi connectivity index (χ4v) is 1.88. The van der Waals surface area contributed by atoms with Crippen molar-refractivity contribution >= 4 is 11.6 Å². The first kappa shape index (κ1) is 8.11. The quantitative estimate of drug-likeness (QED) is 0.719. The number of halogens is 1. The van der Waals surface area contributed by atoms with Crippen molar-refractivity contribution in [2.75, 3.05) is 5.88 Å². The molecule has 2 nitrogen and oxygen atoms in total. The molecule has 0 bridgehead atoms. The van der Waals surface area contributed by atoms with E-state index in [1.807, 2.05) is 6.20 Å². The first-order valence-corrected chi connectivity index (χ1v) is 5.03. The van der Waals surface area contributed by atoms with E-state index in [0.29, 0.717) is 5.88 Å². The Bertz CT molecular complexity index is 253. The van der Waals surface area contributed by atoms with Crippen molar-refractivity contribution in [2.45, 2.75) is 31.6 Å². The molecule has 0 amide bonds. The van der Waals surface area contributed by atoms with Crippen molar-refractivity contribution in [1.29, 1.82) is 0 Å². The van der Waals surface area contributed by atoms with E-state index in [0.717, 1.165) is 12.3 Å². The van der Waals surface area contributed by atoms with Crippen LogP contribution >= 0.6 is 11.6 Å². The van der Waals surface area contributed by atoms with E-state index in [-0.39, 0.29) is 0 Å². The van der Waals surface area contributed by atoms with Gasteiger partial charge in [0.15, 0.2) is 0 Å². The van der Waals surface area contributed by atoms with Gasteiger partial charge in [0, 0.05) is 17.5 Å². The Morgan fingerprint density at radius 1 is 1.58 bits per heavy atom. The molecule has 1 aromatic heterocycles. The fraction of sp³-hybridized carbons (Fsp3) is 0.667. The summed E-state index contributed by atoms with van der Waals surface area (Å²) in [6, 6.07) is 0. The molecule has 1 heterocycles. The van der Waals surface area contributed by atoms with Gasteiger partial charge in [-0.15, -0.1) is 11.6 Å². The largest absolute Gasteiger partial charge is 0.282 e. The summed E-state index contributed by atoms with van der Waals surface area (Å²) in [5, 5.41) is 7.14. The summed E-state index contributed by atoms with van der Waals surface area (Å²) in [4.78, 5) is 0. The Hall–Kier alpha value is -0.500. The first-order valence-electron chi connectivity index (χ1n) is 4.50. The van der Waals surface area contributed by atoms with E-state index in [1.54, 1.807) is 0 Å². The number of hydrogen-bond donors (Lipinski definition) is 1. The Morgan fingerprint density at radius 2 is 2.42 bits per heavy atom. The van der Waals surface area contributed by atoms with Crippen LogP contribution in [0.15, 0.2) is 6.20 Å². The highest BCUT2D eigenvalue weighted by molar-refractivity contribution is 6.17. The van der Waals surface area contributed by atoms with Crippen LogP contribution in [0.3, 0.4) is 0 Å². The molecule has 0 unspecified atom stereocenters. The predicted molar refractivity (Wildman–Crippen MR) is 49.6 cm³/mol. The van der Waals surface area contributed by atoms with Crippen LogP contribution in [0.2, 0.25) is 0 Å². The Balaban J connectivity index is 2.12. The number of nitrogens with one attached hydrogen (secondary N) is 1. The summed E-state index contributed by atoms with van der Waals surface area (Å²) < 4.78 is 0. The van der Waals surface area contributed by atoms with E-state index >= 15 is 0 Å². The van der Waals surface area contributed by atoms with E-state index in [4.69, 9.17) is 11.6 Å². The van der Waals surface area contributed by atoms with Crippen molar-refractivity contribution in [2.24, 2.45) is 0 Å². The number of rotatable bonds is 3. The lowest BCUT2D eigenvalue weighted by Gasteiger charge is -2.24. The molecule has 1 aromatic rings. The lowest BCUT2D eigenvalue weighted by Crippen LogP contribution is -2.11. The standard InChI is InChI=1S/C9H13ClN2/c10-5-4-8-6-11-12-9(8)7-2-1-3-7/h6-7H,1-5H2,(H,11,12). The summed E-state index contributed by atoms with van der Waals surface area (Å²) in [6.45, 7) is 0. The van der Waals surface area contributed by atoms with Crippen LogP contribution < -0.4 is 0 Å². The maximum atomic E-state index is 5.69. The van der Waals surface area contributed by atoms with Crippen LogP contribution in [0.1, 0.15) is 36.4 Å². The SMILES string of the molecule is ClCCc1cn[nH]c1C1CCC1. The summed E-state index contributed by atoms with van der Waals surface area (Å²) in [5.41, 5.74) is 2.65. The van der Waals surface area contributed by atoms with Crippen LogP contribution in [-0.2, 0) is 6.42 Å². The van der Waals surface area contributed by atoms with Gasteiger partial charge >= 0.3 is 0 Å². The van der Waals surface area contributed by atoms with Crippen molar-refractivity contribution < 1.29 is 0 Å². The fourth-order valence-electron chi connectivity index (χ4n) is 1.67. The third-order valence-corrected chi connectivity index (χ3v) is 2.82. The average molecular weight is 185 g/mol. The number of hydrogen-bond acceptors (Lipinski definition) is 1. The number of alkyl halides is 1. The minimum Gasteiger partial charge on any atom is -0.282 e. The topological polar surface area (TPSA) is 28.7 Å². The minimum absolute atomic E-state index is 0.694. The van der Waals surface area contributed by atoms with Gasteiger partial charge in [0.25, 0.3) is 0 Å². The van der Waals surface area contributed by atoms with E-state index in [1.165, 1.54) is 30.5 Å². The van der Waals surface area contributed by atoms with Crippen LogP contribution in [0.25, 0.3) is 0 Å². The molecule has 0 radical (unpaired) electrons. The highest BCUT2D eigenvalue weighted by Crippen LogP contribution is 2.36. The van der Waals surface area contributed by atoms with Gasteiger partial charge < -0.3 is 0 Å². The number of aromatic amines is 1. The minimum atomic E-state index is 0.694. The third-order valence-electron chi connectivity index (χ3n) is 2.63. The molecular weight excluding hydrogens is 172 g/mol. The average Bonchev–Trinajstić information content (AvgIpc) is 2.35. The van der Waals surface area contributed by atoms with Gasteiger partial charge in [0.1, 0.15) is 0 Å². The molecule has 0 aromatic carbocycles. The van der Waals surface area contributed by atoms with E-state index in [2.05, 4.69) is 10.2 Å². The summed E-state index contributed by atoms with van der Waals surface area (Å²) in [5.74, 6) is 1.44. The first-order chi connectivity index (χ1) is 5.92. The van der Waals surface area contributed by atoms with Gasteiger partial charge in [0.05, 0.1) is 6.20 Å². The Kier molecular flexibility index (Phi) is 2.35. The van der Waals surface area contributed by atoms with Gasteiger partial charge in [-0.25, -0.2) is 0 Å².